The topological polar surface area (TPSA) is 101 Å². The van der Waals surface area contributed by atoms with Crippen LogP contribution in [0, 0.1) is 6.92 Å². The van der Waals surface area contributed by atoms with Gasteiger partial charge < -0.3 is 15.3 Å². The molecular weight excluding hydrogens is 430 g/mol. The molecule has 174 valence electrons. The van der Waals surface area contributed by atoms with E-state index in [4.69, 9.17) is 0 Å². The Hall–Kier alpha value is -3.98. The van der Waals surface area contributed by atoms with Gasteiger partial charge in [-0.25, -0.2) is 19.3 Å². The fourth-order valence-electron chi connectivity index (χ4n) is 4.41. The summed E-state index contributed by atoms with van der Waals surface area (Å²) in [5, 5.41) is 13.5. The summed E-state index contributed by atoms with van der Waals surface area (Å²) >= 11 is 0. The molecule has 0 spiro atoms. The van der Waals surface area contributed by atoms with Gasteiger partial charge in [0.2, 0.25) is 5.95 Å². The highest BCUT2D eigenvalue weighted by Crippen LogP contribution is 2.27. The smallest absolute Gasteiger partial charge is 0.278 e. The number of fused-ring (bicyclic) bond motifs is 1. The van der Waals surface area contributed by atoms with Crippen LogP contribution >= 0.6 is 0 Å². The molecule has 1 fully saturated rings. The minimum Gasteiger partial charge on any atom is -0.393 e. The number of nitrogens with zero attached hydrogens (tertiary/aromatic N) is 6. The first kappa shape index (κ1) is 21.8. The molecule has 9 heteroatoms. The van der Waals surface area contributed by atoms with Crippen LogP contribution in [0.25, 0.3) is 16.9 Å². The zero-order valence-electron chi connectivity index (χ0n) is 19.1. The first-order valence-corrected chi connectivity index (χ1v) is 11.4. The van der Waals surface area contributed by atoms with Crippen molar-refractivity contribution in [3.63, 3.8) is 0 Å². The van der Waals surface area contributed by atoms with Gasteiger partial charge in [0.15, 0.2) is 11.5 Å². The normalized spacial score (nSPS) is 14.5. The fourth-order valence-corrected chi connectivity index (χ4v) is 4.41. The Balaban J connectivity index is 1.49. The molecule has 1 aromatic carbocycles. The Labute approximate surface area is 197 Å². The standard InChI is InChI=1S/C25H27N7O2/c1-3-12-31-24(34)20-16-27-25(29-23(20)32(31)22-6-4-5-11-26-22)28-18-7-8-21(17(2)15-18)30-13-9-19(33)10-14-30/h3-8,11,15-16,19,33H,1,9-10,12-14H2,2H3,(H,27,28,29). The van der Waals surface area contributed by atoms with Crippen LogP contribution in [-0.2, 0) is 6.54 Å². The number of hydrogen-bond donors (Lipinski definition) is 2. The average Bonchev–Trinajstić information content (AvgIpc) is 3.11. The molecule has 0 saturated carbocycles. The van der Waals surface area contributed by atoms with Crippen LogP contribution in [0.3, 0.4) is 0 Å². The Kier molecular flexibility index (Phi) is 5.85. The lowest BCUT2D eigenvalue weighted by Crippen LogP contribution is -2.36. The van der Waals surface area contributed by atoms with Gasteiger partial charge in [-0.05, 0) is 55.7 Å². The van der Waals surface area contributed by atoms with E-state index in [-0.39, 0.29) is 11.7 Å². The van der Waals surface area contributed by atoms with Crippen LogP contribution < -0.4 is 15.8 Å². The van der Waals surface area contributed by atoms with E-state index in [9.17, 15) is 9.90 Å². The van der Waals surface area contributed by atoms with Gasteiger partial charge in [0.25, 0.3) is 5.56 Å². The molecule has 5 rings (SSSR count). The first-order chi connectivity index (χ1) is 16.5. The number of aromatic nitrogens is 5. The Bertz CT molecular complexity index is 1390. The Morgan fingerprint density at radius 1 is 1.21 bits per heavy atom. The van der Waals surface area contributed by atoms with E-state index >= 15 is 0 Å². The highest BCUT2D eigenvalue weighted by molar-refractivity contribution is 5.77. The van der Waals surface area contributed by atoms with Crippen molar-refractivity contribution in [3.05, 3.63) is 77.4 Å². The summed E-state index contributed by atoms with van der Waals surface area (Å²) in [6.07, 6.45) is 6.27. The molecule has 0 radical (unpaired) electrons. The number of nitrogens with one attached hydrogen (secondary N) is 1. The largest absolute Gasteiger partial charge is 0.393 e. The monoisotopic (exact) mass is 457 g/mol. The Morgan fingerprint density at radius 3 is 2.74 bits per heavy atom. The van der Waals surface area contributed by atoms with Gasteiger partial charge in [0.1, 0.15) is 5.39 Å². The number of hydrogen-bond acceptors (Lipinski definition) is 7. The fraction of sp³-hybridized carbons (Fsp3) is 0.280. The summed E-state index contributed by atoms with van der Waals surface area (Å²) < 4.78 is 3.25. The van der Waals surface area contributed by atoms with Crippen LogP contribution in [-0.4, -0.2) is 48.6 Å². The van der Waals surface area contributed by atoms with E-state index in [2.05, 4.69) is 50.8 Å². The minimum atomic E-state index is -0.200. The number of pyridine rings is 1. The molecule has 3 aromatic heterocycles. The van der Waals surface area contributed by atoms with Crippen LogP contribution in [0.4, 0.5) is 17.3 Å². The molecule has 9 nitrogen and oxygen atoms in total. The molecule has 0 atom stereocenters. The van der Waals surface area contributed by atoms with Crippen LogP contribution in [0.5, 0.6) is 0 Å². The number of piperidine rings is 1. The quantitative estimate of drug-likeness (QED) is 0.429. The number of rotatable bonds is 6. The van der Waals surface area contributed by atoms with Crippen molar-refractivity contribution in [2.45, 2.75) is 32.4 Å². The first-order valence-electron chi connectivity index (χ1n) is 11.4. The molecular formula is C25H27N7O2. The molecule has 1 saturated heterocycles. The van der Waals surface area contributed by atoms with Gasteiger partial charge in [-0.3, -0.25) is 4.79 Å². The lowest BCUT2D eigenvalue weighted by molar-refractivity contribution is 0.145. The maximum atomic E-state index is 13.0. The van der Waals surface area contributed by atoms with E-state index < -0.39 is 0 Å². The zero-order chi connectivity index (χ0) is 23.7. The van der Waals surface area contributed by atoms with Crippen molar-refractivity contribution in [2.24, 2.45) is 0 Å². The highest BCUT2D eigenvalue weighted by Gasteiger charge is 2.20. The van der Waals surface area contributed by atoms with Crippen molar-refractivity contribution in [1.82, 2.24) is 24.3 Å². The second-order valence-corrected chi connectivity index (χ2v) is 8.45. The third kappa shape index (κ3) is 4.06. The number of benzene rings is 1. The second kappa shape index (κ2) is 9.11. The van der Waals surface area contributed by atoms with Crippen LogP contribution in [0.1, 0.15) is 18.4 Å². The predicted molar refractivity (Wildman–Crippen MR) is 133 cm³/mol. The molecule has 1 aliphatic heterocycles. The Morgan fingerprint density at radius 2 is 2.03 bits per heavy atom. The van der Waals surface area contributed by atoms with E-state index in [1.165, 1.54) is 5.69 Å². The van der Waals surface area contributed by atoms with Crippen molar-refractivity contribution in [1.29, 1.82) is 0 Å². The summed E-state index contributed by atoms with van der Waals surface area (Å²) in [5.41, 5.74) is 3.43. The van der Waals surface area contributed by atoms with Gasteiger partial charge in [-0.2, -0.15) is 4.98 Å². The molecule has 0 aliphatic carbocycles. The molecule has 0 amide bonds. The number of aryl methyl sites for hydroxylation is 1. The third-order valence-electron chi connectivity index (χ3n) is 6.10. The maximum absolute atomic E-state index is 13.0. The van der Waals surface area contributed by atoms with Crippen LogP contribution in [0.2, 0.25) is 0 Å². The summed E-state index contributed by atoms with van der Waals surface area (Å²) in [6.45, 7) is 7.86. The molecule has 4 aromatic rings. The van der Waals surface area contributed by atoms with Gasteiger partial charge in [-0.1, -0.05) is 12.1 Å². The SMILES string of the molecule is C=CCn1c(=O)c2cnc(Nc3ccc(N4CCC(O)CC4)c(C)c3)nc2n1-c1ccccn1. The predicted octanol–water partition coefficient (Wildman–Crippen LogP) is 3.18. The van der Waals surface area contributed by atoms with Crippen molar-refractivity contribution >= 4 is 28.4 Å². The molecule has 0 unspecified atom stereocenters. The molecule has 34 heavy (non-hydrogen) atoms. The molecule has 0 bridgehead atoms. The van der Waals surface area contributed by atoms with Crippen LogP contribution in [0.15, 0.2) is 66.2 Å². The third-order valence-corrected chi connectivity index (χ3v) is 6.10. The molecule has 2 N–H and O–H groups in total. The summed E-state index contributed by atoms with van der Waals surface area (Å²) in [4.78, 5) is 28.8. The minimum absolute atomic E-state index is 0.195. The second-order valence-electron chi connectivity index (χ2n) is 8.45. The lowest BCUT2D eigenvalue weighted by Gasteiger charge is -2.32. The van der Waals surface area contributed by atoms with Gasteiger partial charge in [0, 0.05) is 36.9 Å². The van der Waals surface area contributed by atoms with E-state index in [1.807, 2.05) is 24.3 Å². The average molecular weight is 458 g/mol. The summed E-state index contributed by atoms with van der Waals surface area (Å²) in [7, 11) is 0. The lowest BCUT2D eigenvalue weighted by atomic mass is 10.1. The van der Waals surface area contributed by atoms with Gasteiger partial charge in [0.05, 0.1) is 12.6 Å². The summed E-state index contributed by atoms with van der Waals surface area (Å²) in [6, 6.07) is 11.7. The van der Waals surface area contributed by atoms with Gasteiger partial charge in [-0.15, -0.1) is 6.58 Å². The highest BCUT2D eigenvalue weighted by atomic mass is 16.3. The molecule has 4 heterocycles. The number of allylic oxidation sites excluding steroid dienone is 1. The van der Waals surface area contributed by atoms with Crippen molar-refractivity contribution in [2.75, 3.05) is 23.3 Å². The number of aliphatic hydroxyl groups excluding tert-OH is 1. The number of aliphatic hydroxyl groups is 1. The van der Waals surface area contributed by atoms with Crippen molar-refractivity contribution < 1.29 is 5.11 Å². The van der Waals surface area contributed by atoms with E-state index in [0.717, 1.165) is 37.2 Å². The number of anilines is 3. The van der Waals surface area contributed by atoms with Gasteiger partial charge >= 0.3 is 0 Å². The zero-order valence-corrected chi connectivity index (χ0v) is 19.1. The maximum Gasteiger partial charge on any atom is 0.278 e. The van der Waals surface area contributed by atoms with E-state index in [1.54, 1.807) is 27.8 Å². The molecule has 1 aliphatic rings. The summed E-state index contributed by atoms with van der Waals surface area (Å²) in [5.74, 6) is 0.981. The van der Waals surface area contributed by atoms with E-state index in [0.29, 0.717) is 29.3 Å². The van der Waals surface area contributed by atoms with Crippen molar-refractivity contribution in [3.8, 4) is 5.82 Å².